The Bertz CT molecular complexity index is 1280. The molecule has 0 saturated carbocycles. The zero-order chi connectivity index (χ0) is 24.1. The Morgan fingerprint density at radius 2 is 1.33 bits per heavy atom. The molecule has 0 saturated heterocycles. The van der Waals surface area contributed by atoms with Crippen LogP contribution in [-0.4, -0.2) is 44.2 Å². The van der Waals surface area contributed by atoms with Crippen LogP contribution < -0.4 is 20.9 Å². The Labute approximate surface area is 196 Å². The molecule has 0 spiro atoms. The number of ether oxygens (including phenoxy) is 2. The van der Waals surface area contributed by atoms with Crippen molar-refractivity contribution in [3.05, 3.63) is 53.8 Å². The van der Waals surface area contributed by atoms with E-state index in [0.29, 0.717) is 33.6 Å². The summed E-state index contributed by atoms with van der Waals surface area (Å²) < 4.78 is 10.5. The molecule has 2 aromatic heterocycles. The number of hydrogen-bond donors (Lipinski definition) is 2. The molecule has 0 radical (unpaired) electrons. The van der Waals surface area contributed by atoms with Crippen LogP contribution >= 0.6 is 11.6 Å². The molecule has 4 rings (SSSR count). The van der Waals surface area contributed by atoms with E-state index in [0.717, 1.165) is 22.4 Å². The van der Waals surface area contributed by atoms with Crippen molar-refractivity contribution < 1.29 is 9.47 Å². The van der Waals surface area contributed by atoms with Crippen LogP contribution in [0.1, 0.15) is 5.56 Å². The number of halogens is 1. The van der Waals surface area contributed by atoms with Gasteiger partial charge in [0.25, 0.3) is 0 Å². The molecule has 0 bridgehead atoms. The molecule has 2 aromatic carbocycles. The molecule has 2 heterocycles. The highest BCUT2D eigenvalue weighted by atomic mass is 35.5. The minimum absolute atomic E-state index is 0.482. The number of anilines is 2. The van der Waals surface area contributed by atoms with Crippen molar-refractivity contribution >= 4 is 29.1 Å². The fraction of sp³-hybridized carbons (Fsp3) is 0.182. The largest absolute Gasteiger partial charge is 0.494 e. The maximum atomic E-state index is 5.95. The summed E-state index contributed by atoms with van der Waals surface area (Å²) >= 11 is 5.95. The van der Waals surface area contributed by atoms with Crippen molar-refractivity contribution in [2.45, 2.75) is 0 Å². The monoisotopic (exact) mass is 468 g/mol. The van der Waals surface area contributed by atoms with E-state index in [9.17, 15) is 0 Å². The topological polar surface area (TPSA) is 132 Å². The molecule has 0 aliphatic heterocycles. The lowest BCUT2D eigenvalue weighted by atomic mass is 10.1. The van der Waals surface area contributed by atoms with Crippen LogP contribution in [0.15, 0.2) is 43.2 Å². The van der Waals surface area contributed by atoms with Crippen LogP contribution in [-0.2, 0) is 14.1 Å². The van der Waals surface area contributed by atoms with Gasteiger partial charge in [0.1, 0.15) is 11.4 Å². The molecule has 0 aliphatic carbocycles. The molecule has 11 heteroatoms. The zero-order valence-corrected chi connectivity index (χ0v) is 19.5. The smallest absolute Gasteiger partial charge is 0.151 e. The van der Waals surface area contributed by atoms with E-state index >= 15 is 0 Å². The van der Waals surface area contributed by atoms with Gasteiger partial charge in [-0.05, 0) is 29.8 Å². The second-order valence-electron chi connectivity index (χ2n) is 6.91. The number of nitrogens with two attached hydrogens (primary N) is 2. The van der Waals surface area contributed by atoms with Crippen LogP contribution in [0.4, 0.5) is 11.4 Å². The average molecular weight is 469 g/mol. The quantitative estimate of drug-likeness (QED) is 0.425. The lowest BCUT2D eigenvalue weighted by molar-refractivity contribution is 0.418. The molecule has 0 amide bonds. The summed E-state index contributed by atoms with van der Waals surface area (Å²) in [4.78, 5) is 2.96. The van der Waals surface area contributed by atoms with Crippen molar-refractivity contribution in [2.24, 2.45) is 14.1 Å². The number of methoxy groups -OCH3 is 2. The highest BCUT2D eigenvalue weighted by Gasteiger charge is 2.14. The summed E-state index contributed by atoms with van der Waals surface area (Å²) in [5.74, 6) is 1.17. The Kier molecular flexibility index (Phi) is 7.19. The van der Waals surface area contributed by atoms with Crippen LogP contribution in [0.25, 0.3) is 28.6 Å². The Balaban J connectivity index is 0.000000186. The molecule has 4 N–H and O–H groups in total. The Morgan fingerprint density at radius 3 is 1.76 bits per heavy atom. The van der Waals surface area contributed by atoms with Crippen molar-refractivity contribution in [1.82, 2.24) is 30.0 Å². The number of aromatic nitrogens is 6. The van der Waals surface area contributed by atoms with Gasteiger partial charge in [-0.25, -0.2) is 0 Å². The zero-order valence-electron chi connectivity index (χ0n) is 18.8. The van der Waals surface area contributed by atoms with Crippen molar-refractivity contribution in [3.63, 3.8) is 0 Å². The summed E-state index contributed by atoms with van der Waals surface area (Å²) in [6.07, 6.45) is 5.04. The molecule has 172 valence electrons. The number of hydrogen-bond acceptors (Lipinski definition) is 8. The average Bonchev–Trinajstić information content (AvgIpc) is 3.41. The Morgan fingerprint density at radius 1 is 0.848 bits per heavy atom. The van der Waals surface area contributed by atoms with E-state index in [2.05, 4.69) is 27.0 Å². The number of nitrogens with zero attached hydrogens (tertiary/aromatic N) is 6. The van der Waals surface area contributed by atoms with Gasteiger partial charge >= 0.3 is 0 Å². The van der Waals surface area contributed by atoms with E-state index in [4.69, 9.17) is 32.5 Å². The molecule has 0 unspecified atom stereocenters. The minimum atomic E-state index is 0.482. The van der Waals surface area contributed by atoms with Gasteiger partial charge in [-0.2, -0.15) is 30.0 Å². The lowest BCUT2D eigenvalue weighted by Gasteiger charge is -2.10. The third-order valence-corrected chi connectivity index (χ3v) is 4.84. The van der Waals surface area contributed by atoms with Crippen LogP contribution in [0.3, 0.4) is 0 Å². The van der Waals surface area contributed by atoms with Gasteiger partial charge in [0.15, 0.2) is 11.5 Å². The van der Waals surface area contributed by atoms with Gasteiger partial charge < -0.3 is 20.9 Å². The highest BCUT2D eigenvalue weighted by Crippen LogP contribution is 2.37. The van der Waals surface area contributed by atoms with E-state index in [1.54, 1.807) is 58.9 Å². The highest BCUT2D eigenvalue weighted by molar-refractivity contribution is 6.31. The first kappa shape index (κ1) is 23.6. The van der Waals surface area contributed by atoms with Crippen molar-refractivity contribution in [2.75, 3.05) is 25.7 Å². The fourth-order valence-corrected chi connectivity index (χ4v) is 3.41. The van der Waals surface area contributed by atoms with E-state index < -0.39 is 0 Å². The van der Waals surface area contributed by atoms with Crippen LogP contribution in [0, 0.1) is 0 Å². The second-order valence-corrected chi connectivity index (χ2v) is 7.35. The summed E-state index contributed by atoms with van der Waals surface area (Å²) in [6, 6.07) is 7.12. The van der Waals surface area contributed by atoms with Crippen LogP contribution in [0.2, 0.25) is 5.02 Å². The number of rotatable bonds is 5. The SMILES string of the molecule is C=Cc1cc(N)c(OC)c(-c2cnn(C)n2)c1.COc1c(N)cc(Cl)cc1-c1cnn(C)n1. The van der Waals surface area contributed by atoms with E-state index in [1.807, 2.05) is 12.1 Å². The molecule has 33 heavy (non-hydrogen) atoms. The van der Waals surface area contributed by atoms with Gasteiger partial charge in [0, 0.05) is 30.2 Å². The first-order chi connectivity index (χ1) is 15.8. The van der Waals surface area contributed by atoms with E-state index in [-0.39, 0.29) is 0 Å². The number of nitrogen functional groups attached to an aromatic ring is 2. The molecule has 0 fully saturated rings. The maximum Gasteiger partial charge on any atom is 0.151 e. The van der Waals surface area contributed by atoms with Crippen molar-refractivity contribution in [3.8, 4) is 34.0 Å². The van der Waals surface area contributed by atoms with Gasteiger partial charge in [0.2, 0.25) is 0 Å². The third kappa shape index (κ3) is 5.24. The van der Waals surface area contributed by atoms with Gasteiger partial charge in [-0.3, -0.25) is 0 Å². The van der Waals surface area contributed by atoms with Gasteiger partial charge in [-0.15, -0.1) is 0 Å². The Hall–Kier alpha value is -4.05. The first-order valence-corrected chi connectivity index (χ1v) is 10.1. The molecule has 4 aromatic rings. The number of aryl methyl sites for hydroxylation is 2. The normalized spacial score (nSPS) is 10.3. The van der Waals surface area contributed by atoms with Crippen molar-refractivity contribution in [1.29, 1.82) is 0 Å². The van der Waals surface area contributed by atoms with Gasteiger partial charge in [-0.1, -0.05) is 24.3 Å². The minimum Gasteiger partial charge on any atom is -0.494 e. The molecular formula is C22H25ClN8O2. The lowest BCUT2D eigenvalue weighted by Crippen LogP contribution is -1.97. The summed E-state index contributed by atoms with van der Waals surface area (Å²) in [6.45, 7) is 3.73. The summed E-state index contributed by atoms with van der Waals surface area (Å²) in [7, 11) is 6.64. The predicted molar refractivity (Wildman–Crippen MR) is 130 cm³/mol. The standard InChI is InChI=1S/C12H14N4O.C10H11ClN4O/c1-4-8-5-9(11-7-14-16(2)15-11)12(17-3)10(13)6-8;1-15-13-5-9(14-15)7-3-6(11)4-8(12)10(7)16-2/h4-7H,1,13H2,2-3H3;3-5H,12H2,1-2H3. The molecule has 0 atom stereocenters. The van der Waals surface area contributed by atoms with E-state index in [1.165, 1.54) is 9.59 Å². The molecule has 10 nitrogen and oxygen atoms in total. The molecule has 0 aliphatic rings. The van der Waals surface area contributed by atoms with Gasteiger partial charge in [0.05, 0.1) is 38.0 Å². The third-order valence-electron chi connectivity index (χ3n) is 4.62. The predicted octanol–water partition coefficient (Wildman–Crippen LogP) is 3.44. The fourth-order valence-electron chi connectivity index (χ4n) is 3.18. The molecular weight excluding hydrogens is 444 g/mol. The van der Waals surface area contributed by atoms with Crippen LogP contribution in [0.5, 0.6) is 11.5 Å². The maximum absolute atomic E-state index is 5.95. The second kappa shape index (κ2) is 10.0. The first-order valence-electron chi connectivity index (χ1n) is 9.73. The summed E-state index contributed by atoms with van der Waals surface area (Å²) in [5, 5.41) is 17.0. The number of benzene rings is 2. The summed E-state index contributed by atoms with van der Waals surface area (Å²) in [5.41, 5.74) is 16.6.